The first-order chi connectivity index (χ1) is 18.0. The standard InChI is InChI=1S/C28H24F3N5O2/c1-16(22-4-3-5-25(32)33-22)6-13-24(37)17-7-12-23-20(14-17)26-21(15-35(2)34-26)27(38)36(23)19-10-8-18(9-11-19)28(29,30)31/h3-5,7-12,14-16H,6,13H2,1-2H3,(H2,32,33)/t16-/m1/s1. The Kier molecular flexibility index (Phi) is 6.26. The van der Waals surface area contributed by atoms with Crippen molar-refractivity contribution < 1.29 is 18.0 Å². The largest absolute Gasteiger partial charge is 0.416 e. The van der Waals surface area contributed by atoms with Crippen molar-refractivity contribution in [2.45, 2.75) is 31.9 Å². The highest BCUT2D eigenvalue weighted by molar-refractivity contribution is 6.07. The van der Waals surface area contributed by atoms with Gasteiger partial charge in [-0.1, -0.05) is 13.0 Å². The second-order valence-electron chi connectivity index (χ2n) is 9.33. The second kappa shape index (κ2) is 9.44. The summed E-state index contributed by atoms with van der Waals surface area (Å²) in [5, 5.41) is 5.28. The number of ketones is 1. The van der Waals surface area contributed by atoms with Gasteiger partial charge in [-0.15, -0.1) is 0 Å². The SMILES string of the molecule is C[C@H](CCC(=O)c1ccc2c(c1)c1nn(C)cc1c(=O)n2-c1ccc(C(F)(F)F)cc1)c1cccc(N)n1. The van der Waals surface area contributed by atoms with Gasteiger partial charge in [0.15, 0.2) is 5.78 Å². The van der Waals surface area contributed by atoms with Crippen molar-refractivity contribution in [1.82, 2.24) is 19.3 Å². The number of hydrogen-bond acceptors (Lipinski definition) is 5. The minimum Gasteiger partial charge on any atom is -0.384 e. The Morgan fingerprint density at radius 1 is 1.05 bits per heavy atom. The van der Waals surface area contributed by atoms with Crippen LogP contribution < -0.4 is 11.3 Å². The lowest BCUT2D eigenvalue weighted by Gasteiger charge is -2.14. The van der Waals surface area contributed by atoms with E-state index in [0.29, 0.717) is 39.6 Å². The maximum absolute atomic E-state index is 13.4. The van der Waals surface area contributed by atoms with Gasteiger partial charge in [0.1, 0.15) is 11.3 Å². The van der Waals surface area contributed by atoms with Gasteiger partial charge in [0.05, 0.1) is 16.5 Å². The number of carbonyl (C=O) groups is 1. The summed E-state index contributed by atoms with van der Waals surface area (Å²) in [6, 6.07) is 14.8. The number of nitrogens with zero attached hydrogens (tertiary/aromatic N) is 4. The zero-order valence-electron chi connectivity index (χ0n) is 20.7. The molecule has 0 saturated heterocycles. The first-order valence-corrected chi connectivity index (χ1v) is 12.0. The Labute approximate surface area is 215 Å². The van der Waals surface area contributed by atoms with Crippen LogP contribution in [0.2, 0.25) is 0 Å². The van der Waals surface area contributed by atoms with Gasteiger partial charge in [-0.05, 0) is 66.9 Å². The van der Waals surface area contributed by atoms with Crippen molar-refractivity contribution in [2.75, 3.05) is 5.73 Å². The van der Waals surface area contributed by atoms with Crippen molar-refractivity contribution in [3.05, 3.63) is 94.0 Å². The van der Waals surface area contributed by atoms with Crippen LogP contribution in [0.5, 0.6) is 0 Å². The lowest BCUT2D eigenvalue weighted by atomic mass is 9.96. The van der Waals surface area contributed by atoms with Gasteiger partial charge in [-0.2, -0.15) is 18.3 Å². The highest BCUT2D eigenvalue weighted by Crippen LogP contribution is 2.31. The fourth-order valence-corrected chi connectivity index (χ4v) is 4.61. The summed E-state index contributed by atoms with van der Waals surface area (Å²) in [5.41, 5.74) is 6.96. The van der Waals surface area contributed by atoms with Gasteiger partial charge in [-0.25, -0.2) is 4.98 Å². The molecule has 0 saturated carbocycles. The number of Topliss-reactive ketones (excluding diaryl/α,β-unsaturated/α-hetero) is 1. The molecule has 7 nitrogen and oxygen atoms in total. The molecule has 3 heterocycles. The molecule has 0 unspecified atom stereocenters. The van der Waals surface area contributed by atoms with Crippen LogP contribution in [0.4, 0.5) is 19.0 Å². The van der Waals surface area contributed by atoms with Crippen LogP contribution in [0.1, 0.15) is 47.3 Å². The zero-order valence-corrected chi connectivity index (χ0v) is 20.7. The number of rotatable bonds is 6. The molecule has 5 aromatic rings. The summed E-state index contributed by atoms with van der Waals surface area (Å²) in [6.07, 6.45) is -2.09. The molecule has 0 aliphatic rings. The first kappa shape index (κ1) is 25.2. The average Bonchev–Trinajstić information content (AvgIpc) is 3.29. The maximum atomic E-state index is 13.4. The molecule has 2 aromatic carbocycles. The van der Waals surface area contributed by atoms with Crippen LogP contribution in [-0.2, 0) is 13.2 Å². The number of halogens is 3. The monoisotopic (exact) mass is 519 g/mol. The Hall–Kier alpha value is -4.47. The molecule has 0 bridgehead atoms. The Morgan fingerprint density at radius 2 is 1.79 bits per heavy atom. The molecule has 10 heteroatoms. The smallest absolute Gasteiger partial charge is 0.384 e. The van der Waals surface area contributed by atoms with Crippen LogP contribution in [0.25, 0.3) is 27.5 Å². The summed E-state index contributed by atoms with van der Waals surface area (Å²) < 4.78 is 42.1. The number of hydrogen-bond donors (Lipinski definition) is 1. The predicted molar refractivity (Wildman–Crippen MR) is 139 cm³/mol. The van der Waals surface area contributed by atoms with E-state index in [2.05, 4.69) is 10.1 Å². The molecular formula is C28H24F3N5O2. The average molecular weight is 520 g/mol. The first-order valence-electron chi connectivity index (χ1n) is 12.0. The van der Waals surface area contributed by atoms with Gasteiger partial charge in [0.25, 0.3) is 5.56 Å². The summed E-state index contributed by atoms with van der Waals surface area (Å²) in [4.78, 5) is 30.9. The number of aromatic nitrogens is 4. The summed E-state index contributed by atoms with van der Waals surface area (Å²) in [5.74, 6) is 0.364. The zero-order chi connectivity index (χ0) is 27.2. The van der Waals surface area contributed by atoms with Gasteiger partial charge >= 0.3 is 6.18 Å². The van der Waals surface area contributed by atoms with Gasteiger partial charge in [0.2, 0.25) is 0 Å². The molecule has 0 aliphatic heterocycles. The van der Waals surface area contributed by atoms with E-state index in [9.17, 15) is 22.8 Å². The highest BCUT2D eigenvalue weighted by atomic mass is 19.4. The van der Waals surface area contributed by atoms with Crippen molar-refractivity contribution in [1.29, 1.82) is 0 Å². The maximum Gasteiger partial charge on any atom is 0.416 e. The van der Waals surface area contributed by atoms with Crippen LogP contribution in [0, 0.1) is 0 Å². The molecule has 2 N–H and O–H groups in total. The number of pyridine rings is 2. The van der Waals surface area contributed by atoms with E-state index in [-0.39, 0.29) is 23.8 Å². The van der Waals surface area contributed by atoms with Crippen molar-refractivity contribution in [3.8, 4) is 5.69 Å². The van der Waals surface area contributed by atoms with E-state index in [1.165, 1.54) is 21.4 Å². The number of aryl methyl sites for hydroxylation is 1. The Bertz CT molecular complexity index is 1740. The number of fused-ring (bicyclic) bond motifs is 3. The summed E-state index contributed by atoms with van der Waals surface area (Å²) in [6.45, 7) is 1.98. The quantitative estimate of drug-likeness (QED) is 0.293. The van der Waals surface area contributed by atoms with Crippen molar-refractivity contribution in [2.24, 2.45) is 7.05 Å². The Morgan fingerprint density at radius 3 is 2.47 bits per heavy atom. The third kappa shape index (κ3) is 4.65. The fourth-order valence-electron chi connectivity index (χ4n) is 4.61. The molecule has 0 spiro atoms. The van der Waals surface area contributed by atoms with E-state index in [0.717, 1.165) is 17.8 Å². The fraction of sp³-hybridized carbons (Fsp3) is 0.214. The van der Waals surface area contributed by atoms with E-state index in [4.69, 9.17) is 5.73 Å². The summed E-state index contributed by atoms with van der Waals surface area (Å²) >= 11 is 0. The number of nitrogens with two attached hydrogens (primary N) is 1. The third-order valence-electron chi connectivity index (χ3n) is 6.63. The van der Waals surface area contributed by atoms with Gasteiger partial charge < -0.3 is 5.73 Å². The molecule has 0 amide bonds. The molecule has 0 fully saturated rings. The molecule has 194 valence electrons. The number of anilines is 1. The summed E-state index contributed by atoms with van der Waals surface area (Å²) in [7, 11) is 1.68. The van der Waals surface area contributed by atoms with Crippen molar-refractivity contribution >= 4 is 33.4 Å². The van der Waals surface area contributed by atoms with Gasteiger partial charge in [0, 0.05) is 42.0 Å². The number of alkyl halides is 3. The highest BCUT2D eigenvalue weighted by Gasteiger charge is 2.30. The molecule has 3 aromatic heterocycles. The number of carbonyl (C=O) groups excluding carboxylic acids is 1. The Balaban J connectivity index is 1.54. The normalized spacial score (nSPS) is 12.8. The van der Waals surface area contributed by atoms with E-state index in [1.807, 2.05) is 19.1 Å². The topological polar surface area (TPSA) is 95.8 Å². The van der Waals surface area contributed by atoms with Crippen LogP contribution in [0.3, 0.4) is 0 Å². The van der Waals surface area contributed by atoms with E-state index < -0.39 is 17.3 Å². The van der Waals surface area contributed by atoms with Crippen LogP contribution in [0.15, 0.2) is 71.7 Å². The second-order valence-corrected chi connectivity index (χ2v) is 9.33. The van der Waals surface area contributed by atoms with Crippen LogP contribution in [-0.4, -0.2) is 25.1 Å². The number of nitrogen functional groups attached to an aromatic ring is 1. The van der Waals surface area contributed by atoms with Crippen LogP contribution >= 0.6 is 0 Å². The minimum absolute atomic E-state index is 0.0234. The molecule has 5 rings (SSSR count). The molecule has 1 atom stereocenters. The van der Waals surface area contributed by atoms with E-state index >= 15 is 0 Å². The molecule has 38 heavy (non-hydrogen) atoms. The predicted octanol–water partition coefficient (Wildman–Crippen LogP) is 5.64. The van der Waals surface area contributed by atoms with Crippen molar-refractivity contribution in [3.63, 3.8) is 0 Å². The molecular weight excluding hydrogens is 495 g/mol. The lowest BCUT2D eigenvalue weighted by molar-refractivity contribution is -0.137. The molecule has 0 radical (unpaired) electrons. The molecule has 0 aliphatic carbocycles. The lowest BCUT2D eigenvalue weighted by Crippen LogP contribution is -2.19. The minimum atomic E-state index is -4.49. The van der Waals surface area contributed by atoms with Gasteiger partial charge in [-0.3, -0.25) is 18.8 Å². The third-order valence-corrected chi connectivity index (χ3v) is 6.63. The number of benzene rings is 2. The van der Waals surface area contributed by atoms with E-state index in [1.54, 1.807) is 37.5 Å².